The number of nitriles is 1. The van der Waals surface area contributed by atoms with E-state index in [0.717, 1.165) is 34.9 Å². The van der Waals surface area contributed by atoms with Crippen molar-refractivity contribution in [1.29, 1.82) is 5.26 Å². The Morgan fingerprint density at radius 1 is 1.00 bits per heavy atom. The molecule has 3 amide bonds. The highest BCUT2D eigenvalue weighted by molar-refractivity contribution is 7.81. The largest absolute Gasteiger partial charge is 0.494 e. The van der Waals surface area contributed by atoms with E-state index in [2.05, 4.69) is 25.3 Å². The van der Waals surface area contributed by atoms with Crippen LogP contribution in [0.15, 0.2) is 73.3 Å². The molecule has 3 N–H and O–H groups in total. The molecule has 7 rings (SSSR count). The molecule has 0 bridgehead atoms. The van der Waals surface area contributed by atoms with Crippen LogP contribution in [0, 0.1) is 28.4 Å². The number of likely N-dealkylation sites (tertiary alicyclic amines) is 1. The highest BCUT2D eigenvalue weighted by Crippen LogP contribution is 2.44. The van der Waals surface area contributed by atoms with E-state index in [0.29, 0.717) is 35.0 Å². The molecule has 0 unspecified atom stereocenters. The summed E-state index contributed by atoms with van der Waals surface area (Å²) in [5, 5.41) is 21.9. The molecule has 2 aliphatic rings. The first-order chi connectivity index (χ1) is 34.2. The van der Waals surface area contributed by atoms with Gasteiger partial charge in [-0.1, -0.05) is 20.8 Å². The predicted octanol–water partition coefficient (Wildman–Crippen LogP) is 8.68. The number of benzene rings is 2. The van der Waals surface area contributed by atoms with Crippen LogP contribution in [0.5, 0.6) is 5.75 Å². The number of halogens is 8. The topological polar surface area (TPSA) is 190 Å². The minimum Gasteiger partial charge on any atom is -0.494 e. The molecule has 24 heteroatoms. The van der Waals surface area contributed by atoms with E-state index in [1.165, 1.54) is 30.9 Å². The molecule has 0 aliphatic carbocycles. The smallest absolute Gasteiger partial charge is 0.420 e. The van der Waals surface area contributed by atoms with Crippen LogP contribution in [0.2, 0.25) is 0 Å². The number of β-amino-alcohol motifs (C(OH)–C–C–N with tert-alkyl or cyclic N) is 1. The third kappa shape index (κ3) is 11.3. The average molecular weight is 1040 g/mol. The Labute approximate surface area is 418 Å². The number of nitrogens with zero attached hydrogens (tertiary/aromatic N) is 7. The summed E-state index contributed by atoms with van der Waals surface area (Å²) in [6.07, 6.45) is -4.56. The van der Waals surface area contributed by atoms with Crippen LogP contribution < -0.4 is 19.9 Å². The van der Waals surface area contributed by atoms with Gasteiger partial charge in [0.05, 0.1) is 65.4 Å². The summed E-state index contributed by atoms with van der Waals surface area (Å²) in [6.45, 7) is 7.44. The summed E-state index contributed by atoms with van der Waals surface area (Å²) in [5.74, 6) is -5.05. The molecular weight excluding hydrogens is 995 g/mol. The number of carbonyl (C=O) groups excluding carboxylic acids is 3. The van der Waals surface area contributed by atoms with Crippen molar-refractivity contribution in [2.45, 2.75) is 90.0 Å². The zero-order chi connectivity index (χ0) is 53.4. The molecule has 2 fully saturated rings. The third-order valence-electron chi connectivity index (χ3n) is 12.1. The van der Waals surface area contributed by atoms with Crippen LogP contribution in [0.1, 0.15) is 82.4 Å². The molecule has 2 saturated heterocycles. The fraction of sp³-hybridized carbons (Fsp3) is 0.388. The number of nitrogens with one attached hydrogen (secondary N) is 2. The van der Waals surface area contributed by atoms with Gasteiger partial charge in [-0.3, -0.25) is 29.3 Å². The number of aliphatic hydroxyl groups excluding tert-OH is 1. The van der Waals surface area contributed by atoms with Gasteiger partial charge in [-0.25, -0.2) is 13.8 Å². The number of alkyl halides is 6. The van der Waals surface area contributed by atoms with E-state index in [-0.39, 0.29) is 44.0 Å². The summed E-state index contributed by atoms with van der Waals surface area (Å²) in [4.78, 5) is 59.4. The van der Waals surface area contributed by atoms with Crippen molar-refractivity contribution in [3.63, 3.8) is 0 Å². The number of aromatic amines is 1. The Morgan fingerprint density at radius 3 is 2.37 bits per heavy atom. The van der Waals surface area contributed by atoms with Gasteiger partial charge in [0.1, 0.15) is 41.0 Å². The number of ether oxygens (including phenoxy) is 2. The highest BCUT2D eigenvalue weighted by atomic mass is 32.1. The van der Waals surface area contributed by atoms with E-state index in [9.17, 15) is 45.8 Å². The number of unbranched alkanes of at least 4 members (excludes halogenated alkanes) is 1. The van der Waals surface area contributed by atoms with Gasteiger partial charge in [0.2, 0.25) is 11.8 Å². The van der Waals surface area contributed by atoms with E-state index < -0.39 is 116 Å². The van der Waals surface area contributed by atoms with Gasteiger partial charge in [0, 0.05) is 49.2 Å². The molecule has 73 heavy (non-hydrogen) atoms. The van der Waals surface area contributed by atoms with E-state index in [1.807, 2.05) is 6.07 Å². The lowest BCUT2D eigenvalue weighted by Crippen LogP contribution is -2.55. The van der Waals surface area contributed by atoms with Gasteiger partial charge in [-0.05, 0) is 86.8 Å². The lowest BCUT2D eigenvalue weighted by molar-refractivity contribution is -0.141. The molecule has 3 atom stereocenters. The number of anilines is 2. The summed E-state index contributed by atoms with van der Waals surface area (Å²) in [6, 6.07) is 8.21. The standard InChI is InChI=1S/C49H47F8N9O6S/c1-46(2,3)41(43(69)64-24-29(67)18-36(64)42-61-23-34(62-42)27-9-8-14-59-21-27)63-37(68)25-71-15-6-7-16-72-30-11-12-31(32(19-30)48(52,53)54)40-33(50)17-28(22-60-40)66-45(73)65(44(70)47(66,4)5)35-13-10-26(20-58)38(39(35)51)49(55,56)57/h8-14,17,19,21-23,29,36,41,67H,6-7,15-16,18,24-25H2,1-5H3,(H,61,62)(H,63,68)/t29-,36+,41-/m1/s1. The summed E-state index contributed by atoms with van der Waals surface area (Å²) >= 11 is 5.38. The third-order valence-corrected chi connectivity index (χ3v) is 12.5. The SMILES string of the molecule is CC(C)(C)[C@H](NC(=O)COCCCCOc1ccc(-c2ncc(N3C(=S)N(c4ccc(C#N)c(C(F)(F)F)c4F)C(=O)C3(C)C)cc2F)c(C(F)(F)F)c1)C(=O)N1C[C@H](O)C[C@H]1c1ncc(-c2cccnc2)[nH]1. The van der Waals surface area contributed by atoms with Crippen molar-refractivity contribution in [3.8, 4) is 34.3 Å². The van der Waals surface area contributed by atoms with Crippen LogP contribution in [0.25, 0.3) is 22.5 Å². The quantitative estimate of drug-likeness (QED) is 0.0515. The van der Waals surface area contributed by atoms with Crippen LogP contribution in [0.3, 0.4) is 0 Å². The Morgan fingerprint density at radius 2 is 1.73 bits per heavy atom. The highest BCUT2D eigenvalue weighted by Gasteiger charge is 2.52. The van der Waals surface area contributed by atoms with Crippen molar-refractivity contribution >= 4 is 46.4 Å². The number of carbonyl (C=O) groups is 3. The van der Waals surface area contributed by atoms with E-state index >= 15 is 8.78 Å². The van der Waals surface area contributed by atoms with Gasteiger partial charge in [0.15, 0.2) is 16.7 Å². The number of pyridine rings is 2. The average Bonchev–Trinajstić information content (AvgIpc) is 4.01. The minimum atomic E-state index is -5.33. The summed E-state index contributed by atoms with van der Waals surface area (Å²) in [5.41, 5.74) is -8.06. The predicted molar refractivity (Wildman–Crippen MR) is 251 cm³/mol. The first kappa shape index (κ1) is 53.7. The summed E-state index contributed by atoms with van der Waals surface area (Å²) in [7, 11) is 0. The van der Waals surface area contributed by atoms with Gasteiger partial charge in [-0.15, -0.1) is 0 Å². The van der Waals surface area contributed by atoms with Crippen molar-refractivity contribution < 1.29 is 64.1 Å². The second kappa shape index (κ2) is 20.8. The number of hydrogen-bond donors (Lipinski definition) is 3. The van der Waals surface area contributed by atoms with Gasteiger partial charge >= 0.3 is 12.4 Å². The number of rotatable bonds is 15. The van der Waals surface area contributed by atoms with Crippen molar-refractivity contribution in [3.05, 3.63) is 107 Å². The van der Waals surface area contributed by atoms with Crippen molar-refractivity contribution in [2.24, 2.45) is 5.41 Å². The summed E-state index contributed by atoms with van der Waals surface area (Å²) < 4.78 is 127. The number of aromatic nitrogens is 4. The molecule has 0 spiro atoms. The number of imidazole rings is 1. The number of thiocarbonyl (C=S) groups is 1. The van der Waals surface area contributed by atoms with Crippen molar-refractivity contribution in [2.75, 3.05) is 36.2 Å². The second-order valence-electron chi connectivity index (χ2n) is 18.8. The van der Waals surface area contributed by atoms with Crippen LogP contribution in [-0.2, 0) is 31.5 Å². The maximum Gasteiger partial charge on any atom is 0.420 e. The number of amides is 3. The normalized spacial score (nSPS) is 17.5. The Kier molecular flexibility index (Phi) is 15.3. The van der Waals surface area contributed by atoms with Gasteiger partial charge < -0.3 is 34.7 Å². The Balaban J connectivity index is 0.941. The van der Waals surface area contributed by atoms with Gasteiger partial charge in [-0.2, -0.15) is 31.6 Å². The van der Waals surface area contributed by atoms with E-state index in [1.54, 1.807) is 45.4 Å². The second-order valence-corrected chi connectivity index (χ2v) is 19.1. The maximum atomic E-state index is 15.9. The molecule has 386 valence electrons. The minimum absolute atomic E-state index is 0.0253. The molecule has 2 aromatic carbocycles. The van der Waals surface area contributed by atoms with Crippen LogP contribution >= 0.6 is 12.2 Å². The molecule has 3 aromatic heterocycles. The fourth-order valence-electron chi connectivity index (χ4n) is 8.52. The molecule has 5 heterocycles. The molecule has 0 radical (unpaired) electrons. The molecule has 2 aliphatic heterocycles. The Hall–Kier alpha value is -7.10. The number of aliphatic hydroxyl groups is 1. The van der Waals surface area contributed by atoms with Crippen LogP contribution in [-0.4, -0.2) is 96.8 Å². The zero-order valence-corrected chi connectivity index (χ0v) is 40.5. The van der Waals surface area contributed by atoms with Crippen LogP contribution in [0.4, 0.5) is 46.5 Å². The fourth-order valence-corrected chi connectivity index (χ4v) is 9.04. The molecule has 0 saturated carbocycles. The van der Waals surface area contributed by atoms with Gasteiger partial charge in [0.25, 0.3) is 5.91 Å². The maximum absolute atomic E-state index is 15.9. The zero-order valence-electron chi connectivity index (χ0n) is 39.7. The Bertz CT molecular complexity index is 2960. The monoisotopic (exact) mass is 1040 g/mol. The molecular formula is C49H47F8N9O6S. The van der Waals surface area contributed by atoms with Crippen molar-refractivity contribution in [1.82, 2.24) is 30.2 Å². The first-order valence-corrected chi connectivity index (χ1v) is 22.9. The van der Waals surface area contributed by atoms with E-state index in [4.69, 9.17) is 27.0 Å². The molecule has 5 aromatic rings. The lowest BCUT2D eigenvalue weighted by Gasteiger charge is -2.35. The molecule has 15 nitrogen and oxygen atoms in total. The first-order valence-electron chi connectivity index (χ1n) is 22.5. The number of H-pyrrole nitrogens is 1. The lowest BCUT2D eigenvalue weighted by atomic mass is 9.85. The number of hydrogen-bond acceptors (Lipinski definition) is 11.